The molecule has 2 aliphatic heterocycles. The molecule has 2 saturated heterocycles. The highest BCUT2D eigenvalue weighted by molar-refractivity contribution is 5.72. The zero-order valence-corrected chi connectivity index (χ0v) is 13.6. The lowest BCUT2D eigenvalue weighted by Gasteiger charge is -2.36. The number of likely N-dealkylation sites (tertiary alicyclic amines) is 2. The zero-order valence-electron chi connectivity index (χ0n) is 13.6. The molecule has 2 aliphatic rings. The average molecular weight is 320 g/mol. The van der Waals surface area contributed by atoms with Gasteiger partial charge in [-0.2, -0.15) is 0 Å². The molecule has 2 atom stereocenters. The van der Waals surface area contributed by atoms with E-state index in [0.29, 0.717) is 12.6 Å². The Morgan fingerprint density at radius 3 is 2.43 bits per heavy atom. The van der Waals surface area contributed by atoms with Gasteiger partial charge in [-0.15, -0.1) is 0 Å². The van der Waals surface area contributed by atoms with Gasteiger partial charge in [0.05, 0.1) is 5.92 Å². The SMILES string of the molecule is CCN1CCC(N2C[C@@H](C(=O)O)[C@H](c3ccc(F)cc3)C2)CC1. The maximum atomic E-state index is 13.1. The van der Waals surface area contributed by atoms with Crippen molar-refractivity contribution in [2.75, 3.05) is 32.7 Å². The molecular weight excluding hydrogens is 295 g/mol. The monoisotopic (exact) mass is 320 g/mol. The number of carboxylic acids is 1. The van der Waals surface area contributed by atoms with E-state index < -0.39 is 11.9 Å². The summed E-state index contributed by atoms with van der Waals surface area (Å²) < 4.78 is 13.1. The second-order valence-corrected chi connectivity index (χ2v) is 6.72. The Labute approximate surface area is 136 Å². The summed E-state index contributed by atoms with van der Waals surface area (Å²) in [6.45, 7) is 6.82. The summed E-state index contributed by atoms with van der Waals surface area (Å²) in [6, 6.07) is 6.80. The Morgan fingerprint density at radius 1 is 1.22 bits per heavy atom. The van der Waals surface area contributed by atoms with Crippen LogP contribution in [-0.4, -0.2) is 59.6 Å². The lowest BCUT2D eigenvalue weighted by molar-refractivity contribution is -0.141. The summed E-state index contributed by atoms with van der Waals surface area (Å²) in [4.78, 5) is 16.5. The van der Waals surface area contributed by atoms with E-state index in [2.05, 4.69) is 16.7 Å². The molecule has 2 heterocycles. The summed E-state index contributed by atoms with van der Waals surface area (Å²) in [5.74, 6) is -1.46. The molecule has 0 amide bonds. The molecule has 1 aromatic carbocycles. The van der Waals surface area contributed by atoms with Crippen LogP contribution in [0, 0.1) is 11.7 Å². The number of rotatable bonds is 4. The van der Waals surface area contributed by atoms with Gasteiger partial charge in [-0.25, -0.2) is 4.39 Å². The molecule has 4 nitrogen and oxygen atoms in total. The van der Waals surface area contributed by atoms with Crippen LogP contribution in [0.5, 0.6) is 0 Å². The Kier molecular flexibility index (Phi) is 4.97. The molecular formula is C18H25FN2O2. The fourth-order valence-electron chi connectivity index (χ4n) is 4.03. The van der Waals surface area contributed by atoms with Crippen molar-refractivity contribution in [3.63, 3.8) is 0 Å². The lowest BCUT2D eigenvalue weighted by Crippen LogP contribution is -2.44. The maximum absolute atomic E-state index is 13.1. The molecule has 0 unspecified atom stereocenters. The minimum Gasteiger partial charge on any atom is -0.481 e. The van der Waals surface area contributed by atoms with Gasteiger partial charge < -0.3 is 10.0 Å². The number of nitrogens with zero attached hydrogens (tertiary/aromatic N) is 2. The van der Waals surface area contributed by atoms with Crippen molar-refractivity contribution in [1.82, 2.24) is 9.80 Å². The highest BCUT2D eigenvalue weighted by Crippen LogP contribution is 2.35. The maximum Gasteiger partial charge on any atom is 0.308 e. The number of carbonyl (C=O) groups is 1. The van der Waals surface area contributed by atoms with Crippen LogP contribution in [0.25, 0.3) is 0 Å². The summed E-state index contributed by atoms with van der Waals surface area (Å²) in [6.07, 6.45) is 2.21. The van der Waals surface area contributed by atoms with E-state index in [9.17, 15) is 14.3 Å². The van der Waals surface area contributed by atoms with Crippen LogP contribution in [-0.2, 0) is 4.79 Å². The molecule has 5 heteroatoms. The predicted molar refractivity (Wildman–Crippen MR) is 87.0 cm³/mol. The van der Waals surface area contributed by atoms with Crippen LogP contribution in [0.1, 0.15) is 31.2 Å². The standard InChI is InChI=1S/C18H25FN2O2/c1-2-20-9-7-15(8-10-20)21-11-16(17(12-21)18(22)23)13-3-5-14(19)6-4-13/h3-6,15-17H,2,7-12H2,1H3,(H,22,23)/t16-,17+/m0/s1. The minimum absolute atomic E-state index is 0.0442. The van der Waals surface area contributed by atoms with Crippen LogP contribution in [0.2, 0.25) is 0 Å². The zero-order chi connectivity index (χ0) is 16.4. The molecule has 0 aliphatic carbocycles. The van der Waals surface area contributed by atoms with Gasteiger partial charge in [0.25, 0.3) is 0 Å². The fourth-order valence-corrected chi connectivity index (χ4v) is 4.03. The van der Waals surface area contributed by atoms with E-state index in [4.69, 9.17) is 0 Å². The van der Waals surface area contributed by atoms with Crippen LogP contribution >= 0.6 is 0 Å². The third-order valence-corrected chi connectivity index (χ3v) is 5.48. The van der Waals surface area contributed by atoms with Crippen LogP contribution in [0.3, 0.4) is 0 Å². The molecule has 0 aromatic heterocycles. The quantitative estimate of drug-likeness (QED) is 0.925. The Balaban J connectivity index is 1.71. The molecule has 126 valence electrons. The van der Waals surface area contributed by atoms with E-state index in [1.165, 1.54) is 12.1 Å². The second kappa shape index (κ2) is 6.97. The summed E-state index contributed by atoms with van der Waals surface area (Å²) in [5, 5.41) is 9.59. The van der Waals surface area contributed by atoms with Gasteiger partial charge >= 0.3 is 5.97 Å². The Bertz CT molecular complexity index is 540. The summed E-state index contributed by atoms with van der Waals surface area (Å²) in [5.41, 5.74) is 0.937. The molecule has 3 rings (SSSR count). The first-order valence-corrected chi connectivity index (χ1v) is 8.53. The molecule has 1 aromatic rings. The molecule has 2 fully saturated rings. The average Bonchev–Trinajstić information content (AvgIpc) is 3.01. The minimum atomic E-state index is -0.743. The van der Waals surface area contributed by atoms with Gasteiger partial charge in [-0.1, -0.05) is 19.1 Å². The van der Waals surface area contributed by atoms with Crippen LogP contribution in [0.4, 0.5) is 4.39 Å². The van der Waals surface area contributed by atoms with Crippen molar-refractivity contribution in [2.45, 2.75) is 31.7 Å². The van der Waals surface area contributed by atoms with Crippen molar-refractivity contribution in [2.24, 2.45) is 5.92 Å². The lowest BCUT2D eigenvalue weighted by atomic mass is 9.89. The Hall–Kier alpha value is -1.46. The van der Waals surface area contributed by atoms with E-state index >= 15 is 0 Å². The molecule has 1 N–H and O–H groups in total. The number of benzene rings is 1. The van der Waals surface area contributed by atoms with Crippen molar-refractivity contribution in [3.05, 3.63) is 35.6 Å². The van der Waals surface area contributed by atoms with Gasteiger partial charge in [-0.3, -0.25) is 9.69 Å². The fraction of sp³-hybridized carbons (Fsp3) is 0.611. The van der Waals surface area contributed by atoms with Gasteiger partial charge in [0.1, 0.15) is 5.82 Å². The number of hydrogen-bond donors (Lipinski definition) is 1. The van der Waals surface area contributed by atoms with Crippen molar-refractivity contribution >= 4 is 5.97 Å². The number of piperidine rings is 1. The van der Waals surface area contributed by atoms with Crippen molar-refractivity contribution in [3.8, 4) is 0 Å². The van der Waals surface area contributed by atoms with Gasteiger partial charge in [0.2, 0.25) is 0 Å². The predicted octanol–water partition coefficient (Wildman–Crippen LogP) is 2.41. The van der Waals surface area contributed by atoms with Crippen LogP contribution < -0.4 is 0 Å². The van der Waals surface area contributed by atoms with E-state index in [-0.39, 0.29) is 11.7 Å². The van der Waals surface area contributed by atoms with Crippen LogP contribution in [0.15, 0.2) is 24.3 Å². The largest absolute Gasteiger partial charge is 0.481 e. The molecule has 0 radical (unpaired) electrons. The number of hydrogen-bond acceptors (Lipinski definition) is 3. The van der Waals surface area contributed by atoms with E-state index in [1.807, 2.05) is 0 Å². The second-order valence-electron chi connectivity index (χ2n) is 6.72. The molecule has 0 saturated carbocycles. The molecule has 23 heavy (non-hydrogen) atoms. The van der Waals surface area contributed by atoms with Gasteiger partial charge in [0, 0.05) is 25.0 Å². The Morgan fingerprint density at radius 2 is 1.87 bits per heavy atom. The third kappa shape index (κ3) is 3.56. The molecule has 0 spiro atoms. The van der Waals surface area contributed by atoms with Crippen molar-refractivity contribution in [1.29, 1.82) is 0 Å². The highest BCUT2D eigenvalue weighted by Gasteiger charge is 2.41. The number of carboxylic acid groups (broad SMARTS) is 1. The first kappa shape index (κ1) is 16.4. The van der Waals surface area contributed by atoms with Crippen molar-refractivity contribution < 1.29 is 14.3 Å². The summed E-state index contributed by atoms with van der Waals surface area (Å²) >= 11 is 0. The first-order valence-electron chi connectivity index (χ1n) is 8.53. The number of halogens is 1. The normalized spacial score (nSPS) is 27.4. The van der Waals surface area contributed by atoms with Gasteiger partial charge in [-0.05, 0) is 50.2 Å². The van der Waals surface area contributed by atoms with Gasteiger partial charge in [0.15, 0.2) is 0 Å². The van der Waals surface area contributed by atoms with E-state index in [1.54, 1.807) is 12.1 Å². The topological polar surface area (TPSA) is 43.8 Å². The smallest absolute Gasteiger partial charge is 0.308 e. The molecule has 0 bridgehead atoms. The van der Waals surface area contributed by atoms with E-state index in [0.717, 1.165) is 44.6 Å². The first-order chi connectivity index (χ1) is 11.1. The third-order valence-electron chi connectivity index (χ3n) is 5.48. The highest BCUT2D eigenvalue weighted by atomic mass is 19.1. The summed E-state index contributed by atoms with van der Waals surface area (Å²) in [7, 11) is 0. The number of aliphatic carboxylic acids is 1.